The molecule has 1 saturated heterocycles. The monoisotopic (exact) mass is 252 g/mol. The smallest absolute Gasteiger partial charge is 0.129 e. The quantitative estimate of drug-likeness (QED) is 0.755. The Morgan fingerprint density at radius 3 is 3.06 bits per heavy atom. The molecule has 1 saturated carbocycles. The average Bonchev–Trinajstić information content (AvgIpc) is 3.10. The summed E-state index contributed by atoms with van der Waals surface area (Å²) in [6.45, 7) is 2.97. The summed E-state index contributed by atoms with van der Waals surface area (Å²) in [6, 6.07) is 3.96. The SMILES string of the molecule is CN1CCOC(C2CC2c2ccc(Cl)nc2)C1. The molecule has 1 aromatic rings. The van der Waals surface area contributed by atoms with Gasteiger partial charge in [-0.2, -0.15) is 0 Å². The van der Waals surface area contributed by atoms with Crippen LogP contribution in [0, 0.1) is 5.92 Å². The Bertz CT molecular complexity index is 395. The number of aromatic nitrogens is 1. The molecule has 3 unspecified atom stereocenters. The molecule has 1 aliphatic carbocycles. The molecule has 1 aliphatic heterocycles. The predicted octanol–water partition coefficient (Wildman–Crippen LogP) is 2.17. The maximum Gasteiger partial charge on any atom is 0.129 e. The summed E-state index contributed by atoms with van der Waals surface area (Å²) in [5, 5.41) is 0.569. The van der Waals surface area contributed by atoms with Crippen molar-refractivity contribution in [2.45, 2.75) is 18.4 Å². The molecular formula is C13H17ClN2O. The fraction of sp³-hybridized carbons (Fsp3) is 0.615. The molecule has 0 N–H and O–H groups in total. The molecule has 3 atom stereocenters. The van der Waals surface area contributed by atoms with E-state index < -0.39 is 0 Å². The molecular weight excluding hydrogens is 236 g/mol. The van der Waals surface area contributed by atoms with E-state index in [-0.39, 0.29) is 0 Å². The van der Waals surface area contributed by atoms with Crippen molar-refractivity contribution >= 4 is 11.6 Å². The molecule has 2 fully saturated rings. The Kier molecular flexibility index (Phi) is 3.07. The van der Waals surface area contributed by atoms with Gasteiger partial charge < -0.3 is 9.64 Å². The first-order valence-corrected chi connectivity index (χ1v) is 6.53. The lowest BCUT2D eigenvalue weighted by molar-refractivity contribution is -0.0316. The third-order valence-corrected chi connectivity index (χ3v) is 4.02. The minimum absolute atomic E-state index is 0.398. The van der Waals surface area contributed by atoms with Crippen LogP contribution in [0.5, 0.6) is 0 Å². The van der Waals surface area contributed by atoms with E-state index in [4.69, 9.17) is 16.3 Å². The van der Waals surface area contributed by atoms with E-state index >= 15 is 0 Å². The van der Waals surface area contributed by atoms with Crippen molar-refractivity contribution in [3.05, 3.63) is 29.0 Å². The van der Waals surface area contributed by atoms with E-state index in [1.54, 1.807) is 0 Å². The number of morpholine rings is 1. The van der Waals surface area contributed by atoms with Crippen LogP contribution in [0.15, 0.2) is 18.3 Å². The van der Waals surface area contributed by atoms with E-state index in [0.29, 0.717) is 23.1 Å². The predicted molar refractivity (Wildman–Crippen MR) is 67.3 cm³/mol. The van der Waals surface area contributed by atoms with Crippen molar-refractivity contribution < 1.29 is 4.74 Å². The summed E-state index contributed by atoms with van der Waals surface area (Å²) in [5.41, 5.74) is 1.30. The number of hydrogen-bond acceptors (Lipinski definition) is 3. The first kappa shape index (κ1) is 11.5. The number of rotatable bonds is 2. The molecule has 1 aromatic heterocycles. The number of likely N-dealkylation sites (N-methyl/N-ethyl adjacent to an activating group) is 1. The molecule has 0 aromatic carbocycles. The lowest BCUT2D eigenvalue weighted by atomic mass is 10.1. The van der Waals surface area contributed by atoms with Crippen molar-refractivity contribution in [1.82, 2.24) is 9.88 Å². The molecule has 4 heteroatoms. The second-order valence-corrected chi connectivity index (χ2v) is 5.48. The van der Waals surface area contributed by atoms with Gasteiger partial charge in [-0.3, -0.25) is 0 Å². The van der Waals surface area contributed by atoms with Gasteiger partial charge in [0.2, 0.25) is 0 Å². The van der Waals surface area contributed by atoms with Crippen LogP contribution in [-0.4, -0.2) is 42.7 Å². The van der Waals surface area contributed by atoms with Crippen molar-refractivity contribution in [2.75, 3.05) is 26.7 Å². The second kappa shape index (κ2) is 4.56. The number of ether oxygens (including phenoxy) is 1. The van der Waals surface area contributed by atoms with Gasteiger partial charge in [0.1, 0.15) is 5.15 Å². The molecule has 17 heavy (non-hydrogen) atoms. The first-order chi connectivity index (χ1) is 8.24. The highest BCUT2D eigenvalue weighted by molar-refractivity contribution is 6.29. The Morgan fingerprint density at radius 1 is 1.47 bits per heavy atom. The number of halogens is 1. The van der Waals surface area contributed by atoms with Gasteiger partial charge in [-0.1, -0.05) is 17.7 Å². The number of hydrogen-bond donors (Lipinski definition) is 0. The molecule has 92 valence electrons. The third-order valence-electron chi connectivity index (χ3n) is 3.79. The maximum atomic E-state index is 5.86. The van der Waals surface area contributed by atoms with Crippen LogP contribution in [-0.2, 0) is 4.74 Å². The van der Waals surface area contributed by atoms with E-state index in [1.807, 2.05) is 12.3 Å². The third kappa shape index (κ3) is 2.46. The highest BCUT2D eigenvalue weighted by Crippen LogP contribution is 2.50. The fourth-order valence-electron chi connectivity index (χ4n) is 2.69. The van der Waals surface area contributed by atoms with Gasteiger partial charge >= 0.3 is 0 Å². The molecule has 3 nitrogen and oxygen atoms in total. The van der Waals surface area contributed by atoms with Crippen molar-refractivity contribution in [2.24, 2.45) is 5.92 Å². The van der Waals surface area contributed by atoms with Crippen LogP contribution in [0.4, 0.5) is 0 Å². The largest absolute Gasteiger partial charge is 0.375 e. The lowest BCUT2D eigenvalue weighted by Crippen LogP contribution is -2.41. The van der Waals surface area contributed by atoms with Crippen LogP contribution in [0.25, 0.3) is 0 Å². The summed E-state index contributed by atoms with van der Waals surface area (Å²) in [7, 11) is 2.16. The zero-order valence-electron chi connectivity index (χ0n) is 9.97. The molecule has 0 spiro atoms. The second-order valence-electron chi connectivity index (χ2n) is 5.09. The van der Waals surface area contributed by atoms with Crippen LogP contribution in [0.1, 0.15) is 17.9 Å². The molecule has 0 radical (unpaired) electrons. The topological polar surface area (TPSA) is 25.4 Å². The summed E-state index contributed by atoms with van der Waals surface area (Å²) < 4.78 is 5.86. The maximum absolute atomic E-state index is 5.86. The Hall–Kier alpha value is -0.640. The highest BCUT2D eigenvalue weighted by atomic mass is 35.5. The van der Waals surface area contributed by atoms with E-state index in [1.165, 1.54) is 12.0 Å². The van der Waals surface area contributed by atoms with Gasteiger partial charge in [-0.25, -0.2) is 4.98 Å². The molecule has 2 heterocycles. The minimum Gasteiger partial charge on any atom is -0.375 e. The number of nitrogens with zero attached hydrogens (tertiary/aromatic N) is 2. The van der Waals surface area contributed by atoms with Gasteiger partial charge in [-0.05, 0) is 36.9 Å². The van der Waals surface area contributed by atoms with Crippen molar-refractivity contribution in [3.8, 4) is 0 Å². The fourth-order valence-corrected chi connectivity index (χ4v) is 2.80. The van der Waals surface area contributed by atoms with E-state index in [0.717, 1.165) is 19.7 Å². The lowest BCUT2D eigenvalue weighted by Gasteiger charge is -2.30. The van der Waals surface area contributed by atoms with E-state index in [2.05, 4.69) is 23.0 Å². The standard InChI is InChI=1S/C13H17ClN2O/c1-16-4-5-17-12(8-16)11-6-10(11)9-2-3-13(14)15-7-9/h2-3,7,10-12H,4-6,8H2,1H3. The van der Waals surface area contributed by atoms with Crippen LogP contribution in [0.2, 0.25) is 5.15 Å². The molecule has 3 rings (SSSR count). The normalized spacial score (nSPS) is 33.6. The Morgan fingerprint density at radius 2 is 2.35 bits per heavy atom. The van der Waals surface area contributed by atoms with Crippen molar-refractivity contribution in [3.63, 3.8) is 0 Å². The highest BCUT2D eigenvalue weighted by Gasteiger charge is 2.45. The zero-order valence-corrected chi connectivity index (χ0v) is 10.7. The zero-order chi connectivity index (χ0) is 11.8. The van der Waals surface area contributed by atoms with Gasteiger partial charge in [0.25, 0.3) is 0 Å². The summed E-state index contributed by atoms with van der Waals surface area (Å²) in [4.78, 5) is 6.50. The number of pyridine rings is 1. The van der Waals surface area contributed by atoms with Gasteiger partial charge in [-0.15, -0.1) is 0 Å². The molecule has 0 amide bonds. The molecule has 0 bridgehead atoms. The van der Waals surface area contributed by atoms with Gasteiger partial charge in [0.05, 0.1) is 12.7 Å². The summed E-state index contributed by atoms with van der Waals surface area (Å²) in [6.07, 6.45) is 3.52. The van der Waals surface area contributed by atoms with Crippen LogP contribution < -0.4 is 0 Å². The minimum atomic E-state index is 0.398. The van der Waals surface area contributed by atoms with E-state index in [9.17, 15) is 0 Å². The van der Waals surface area contributed by atoms with Gasteiger partial charge in [0, 0.05) is 19.3 Å². The van der Waals surface area contributed by atoms with Crippen molar-refractivity contribution in [1.29, 1.82) is 0 Å². The Balaban J connectivity index is 1.64. The average molecular weight is 253 g/mol. The summed E-state index contributed by atoms with van der Waals surface area (Å²) in [5.74, 6) is 1.29. The van der Waals surface area contributed by atoms with Gasteiger partial charge in [0.15, 0.2) is 0 Å². The Labute approximate surface area is 107 Å². The van der Waals surface area contributed by atoms with Crippen LogP contribution >= 0.6 is 11.6 Å². The summed E-state index contributed by atoms with van der Waals surface area (Å²) >= 11 is 5.80. The first-order valence-electron chi connectivity index (χ1n) is 6.15. The molecule has 2 aliphatic rings. The van der Waals surface area contributed by atoms with Crippen LogP contribution in [0.3, 0.4) is 0 Å².